The van der Waals surface area contributed by atoms with Crippen molar-refractivity contribution in [1.29, 1.82) is 5.26 Å². The summed E-state index contributed by atoms with van der Waals surface area (Å²) in [5.41, 5.74) is 10.0. The predicted octanol–water partition coefficient (Wildman–Crippen LogP) is 3.85. The average Bonchev–Trinajstić information content (AvgIpc) is 3.55. The van der Waals surface area contributed by atoms with Gasteiger partial charge >= 0.3 is 0 Å². The molecular weight excluding hydrogens is 467 g/mol. The van der Waals surface area contributed by atoms with Gasteiger partial charge in [0.15, 0.2) is 11.5 Å². The molecule has 2 aromatic carbocycles. The van der Waals surface area contributed by atoms with Gasteiger partial charge in [0.2, 0.25) is 17.5 Å². The van der Waals surface area contributed by atoms with E-state index < -0.39 is 5.92 Å². The second-order valence-electron chi connectivity index (χ2n) is 7.86. The number of H-pyrrole nitrogens is 2. The van der Waals surface area contributed by atoms with Crippen LogP contribution in [0.1, 0.15) is 17.0 Å². The summed E-state index contributed by atoms with van der Waals surface area (Å²) in [6.45, 7) is 0. The number of nitrogens with two attached hydrogens (primary N) is 1. The van der Waals surface area contributed by atoms with Gasteiger partial charge < -0.3 is 24.7 Å². The third-order valence-electron chi connectivity index (χ3n) is 6.00. The molecule has 36 heavy (non-hydrogen) atoms. The second kappa shape index (κ2) is 8.99. The number of nitrogens with zero attached hydrogens (tertiary/aromatic N) is 3. The van der Waals surface area contributed by atoms with E-state index in [1.807, 2.05) is 0 Å². The number of hydrogen-bond acceptors (Lipinski definition) is 8. The van der Waals surface area contributed by atoms with Crippen molar-refractivity contribution in [2.45, 2.75) is 5.92 Å². The number of methoxy groups -OCH3 is 3. The summed E-state index contributed by atoms with van der Waals surface area (Å²) < 4.78 is 35.7. The highest BCUT2D eigenvalue weighted by Crippen LogP contribution is 2.49. The Morgan fingerprint density at radius 3 is 2.31 bits per heavy atom. The van der Waals surface area contributed by atoms with E-state index in [1.165, 1.54) is 33.5 Å². The molecule has 1 atom stereocenters. The van der Waals surface area contributed by atoms with Crippen molar-refractivity contribution in [3.05, 3.63) is 71.0 Å². The molecule has 11 heteroatoms. The summed E-state index contributed by atoms with van der Waals surface area (Å²) in [7, 11) is 4.56. The van der Waals surface area contributed by atoms with Gasteiger partial charge in [0.1, 0.15) is 17.5 Å². The van der Waals surface area contributed by atoms with Crippen LogP contribution in [0, 0.1) is 17.1 Å². The fourth-order valence-electron chi connectivity index (χ4n) is 4.36. The van der Waals surface area contributed by atoms with E-state index in [1.54, 1.807) is 30.5 Å². The number of aromatic nitrogens is 4. The summed E-state index contributed by atoms with van der Waals surface area (Å²) >= 11 is 0. The number of halogens is 1. The van der Waals surface area contributed by atoms with E-state index >= 15 is 0 Å². The van der Waals surface area contributed by atoms with Crippen molar-refractivity contribution >= 4 is 0 Å². The minimum atomic E-state index is -0.689. The maximum absolute atomic E-state index is 13.6. The van der Waals surface area contributed by atoms with Crippen molar-refractivity contribution < 1.29 is 23.3 Å². The number of rotatable bonds is 6. The fraction of sp³-hybridized carbons (Fsp3) is 0.160. The van der Waals surface area contributed by atoms with Crippen LogP contribution in [0.5, 0.6) is 23.1 Å². The normalized spacial score (nSPS) is 14.6. The van der Waals surface area contributed by atoms with Crippen LogP contribution < -0.4 is 24.7 Å². The Morgan fingerprint density at radius 2 is 1.69 bits per heavy atom. The molecule has 0 fully saturated rings. The van der Waals surface area contributed by atoms with Gasteiger partial charge in [-0.05, 0) is 36.4 Å². The van der Waals surface area contributed by atoms with E-state index in [-0.39, 0.29) is 23.2 Å². The fourth-order valence-corrected chi connectivity index (χ4v) is 4.36. The highest BCUT2D eigenvalue weighted by Gasteiger charge is 2.38. The van der Waals surface area contributed by atoms with Gasteiger partial charge in [0.25, 0.3) is 0 Å². The van der Waals surface area contributed by atoms with E-state index in [0.29, 0.717) is 50.9 Å². The van der Waals surface area contributed by atoms with E-state index in [0.717, 1.165) is 0 Å². The Balaban J connectivity index is 1.73. The molecule has 1 aliphatic rings. The molecule has 0 aliphatic carbocycles. The molecule has 10 nitrogen and oxygen atoms in total. The number of nitriles is 1. The predicted molar refractivity (Wildman–Crippen MR) is 127 cm³/mol. The molecule has 0 bridgehead atoms. The van der Waals surface area contributed by atoms with Crippen molar-refractivity contribution in [2.24, 2.45) is 5.73 Å². The summed E-state index contributed by atoms with van der Waals surface area (Å²) in [6, 6.07) is 11.6. The lowest BCUT2D eigenvalue weighted by Crippen LogP contribution is -2.21. The molecule has 182 valence electrons. The zero-order chi connectivity index (χ0) is 25.4. The molecule has 0 radical (unpaired) electrons. The first kappa shape index (κ1) is 22.8. The number of benzene rings is 2. The molecule has 0 amide bonds. The van der Waals surface area contributed by atoms with Crippen LogP contribution >= 0.6 is 0 Å². The van der Waals surface area contributed by atoms with Gasteiger partial charge in [0.05, 0.1) is 50.4 Å². The lowest BCUT2D eigenvalue weighted by molar-refractivity contribution is 0.324. The standard InChI is InChI=1S/C25H21FN6O4/c1-33-17-8-13(9-18(34-2)23(17)35-3)22-20-19(15(10-27)24(28)36-25(20)32-31-22)16-11-29-30-21(16)12-4-6-14(26)7-5-12/h4-9,11,19H,28H2,1-3H3,(H,29,30)(H,31,32)/t19-/m0/s1. The molecule has 4 N–H and O–H groups in total. The van der Waals surface area contributed by atoms with Gasteiger partial charge in [-0.15, -0.1) is 5.10 Å². The molecule has 3 heterocycles. The molecule has 0 unspecified atom stereocenters. The first-order valence-corrected chi connectivity index (χ1v) is 10.8. The maximum atomic E-state index is 13.6. The summed E-state index contributed by atoms with van der Waals surface area (Å²) in [6.07, 6.45) is 1.61. The molecule has 5 rings (SSSR count). The number of aromatic amines is 2. The van der Waals surface area contributed by atoms with Crippen molar-refractivity contribution in [3.8, 4) is 51.7 Å². The third-order valence-corrected chi connectivity index (χ3v) is 6.00. The molecular formula is C25H21FN6O4. The van der Waals surface area contributed by atoms with Crippen LogP contribution in [0.2, 0.25) is 0 Å². The summed E-state index contributed by atoms with van der Waals surface area (Å²) in [5, 5.41) is 24.5. The van der Waals surface area contributed by atoms with Gasteiger partial charge in [-0.1, -0.05) is 0 Å². The largest absolute Gasteiger partial charge is 0.493 e. The number of fused-ring (bicyclic) bond motifs is 1. The smallest absolute Gasteiger partial charge is 0.244 e. The maximum Gasteiger partial charge on any atom is 0.244 e. The average molecular weight is 488 g/mol. The molecule has 1 aliphatic heterocycles. The van der Waals surface area contributed by atoms with Gasteiger partial charge in [-0.2, -0.15) is 10.4 Å². The first-order valence-electron chi connectivity index (χ1n) is 10.8. The van der Waals surface area contributed by atoms with Crippen LogP contribution in [-0.2, 0) is 0 Å². The quantitative estimate of drug-likeness (QED) is 0.371. The highest BCUT2D eigenvalue weighted by molar-refractivity contribution is 5.77. The lowest BCUT2D eigenvalue weighted by atomic mass is 9.82. The summed E-state index contributed by atoms with van der Waals surface area (Å²) in [4.78, 5) is 0. The van der Waals surface area contributed by atoms with Crippen LogP contribution in [-0.4, -0.2) is 41.7 Å². The number of ether oxygens (including phenoxy) is 4. The van der Waals surface area contributed by atoms with Gasteiger partial charge in [-0.25, -0.2) is 4.39 Å². The van der Waals surface area contributed by atoms with Gasteiger partial charge in [0, 0.05) is 16.7 Å². The monoisotopic (exact) mass is 488 g/mol. The Labute approximate surface area is 205 Å². The number of hydrogen-bond donors (Lipinski definition) is 3. The second-order valence-corrected chi connectivity index (χ2v) is 7.86. The third kappa shape index (κ3) is 3.56. The molecule has 0 spiro atoms. The van der Waals surface area contributed by atoms with Crippen LogP contribution in [0.25, 0.3) is 22.5 Å². The van der Waals surface area contributed by atoms with E-state index in [2.05, 4.69) is 26.5 Å². The Hall–Kier alpha value is -4.98. The molecule has 2 aromatic heterocycles. The first-order chi connectivity index (χ1) is 17.5. The summed E-state index contributed by atoms with van der Waals surface area (Å²) in [5.74, 6) is 0.402. The Kier molecular flexibility index (Phi) is 5.69. The number of allylic oxidation sites excluding steroid dienone is 1. The van der Waals surface area contributed by atoms with Crippen LogP contribution in [0.15, 0.2) is 54.1 Å². The van der Waals surface area contributed by atoms with E-state index in [9.17, 15) is 9.65 Å². The van der Waals surface area contributed by atoms with Crippen molar-refractivity contribution in [1.82, 2.24) is 20.4 Å². The molecule has 4 aromatic rings. The van der Waals surface area contributed by atoms with Crippen LogP contribution in [0.3, 0.4) is 0 Å². The lowest BCUT2D eigenvalue weighted by Gasteiger charge is -2.24. The SMILES string of the molecule is COc1cc(-c2[nH]nc3c2[C@H](c2cn[nH]c2-c2ccc(F)cc2)C(C#N)=C(N)O3)cc(OC)c1OC. The van der Waals surface area contributed by atoms with Crippen molar-refractivity contribution in [3.63, 3.8) is 0 Å². The molecule has 0 saturated carbocycles. The zero-order valence-corrected chi connectivity index (χ0v) is 19.5. The number of nitrogens with one attached hydrogen (secondary N) is 2. The topological polar surface area (TPSA) is 144 Å². The minimum Gasteiger partial charge on any atom is -0.493 e. The highest BCUT2D eigenvalue weighted by atomic mass is 19.1. The zero-order valence-electron chi connectivity index (χ0n) is 19.5. The minimum absolute atomic E-state index is 0.0656. The Bertz CT molecular complexity index is 1490. The van der Waals surface area contributed by atoms with Gasteiger partial charge in [-0.3, -0.25) is 10.2 Å². The van der Waals surface area contributed by atoms with Crippen LogP contribution in [0.4, 0.5) is 4.39 Å². The Morgan fingerprint density at radius 1 is 1.00 bits per heavy atom. The van der Waals surface area contributed by atoms with Crippen molar-refractivity contribution in [2.75, 3.05) is 21.3 Å². The van der Waals surface area contributed by atoms with E-state index in [4.69, 9.17) is 24.7 Å². The molecule has 0 saturated heterocycles.